The van der Waals surface area contributed by atoms with Crippen molar-refractivity contribution in [1.29, 1.82) is 0 Å². The predicted molar refractivity (Wildman–Crippen MR) is 68.4 cm³/mol. The Bertz CT molecular complexity index is 571. The van der Waals surface area contributed by atoms with Gasteiger partial charge in [0, 0.05) is 13.8 Å². The molecule has 1 aromatic carbocycles. The Morgan fingerprint density at radius 1 is 1.00 bits per heavy atom. The Labute approximate surface area is 113 Å². The third-order valence-electron chi connectivity index (χ3n) is 2.44. The number of fused-ring (bicyclic) bond motifs is 1. The molecule has 6 nitrogen and oxygen atoms in total. The molecule has 0 aliphatic rings. The van der Waals surface area contributed by atoms with E-state index in [2.05, 4.69) is 8.75 Å². The summed E-state index contributed by atoms with van der Waals surface area (Å²) in [7, 11) is 0. The lowest BCUT2D eigenvalue weighted by molar-refractivity contribution is -0.143. The van der Waals surface area contributed by atoms with Crippen LogP contribution in [0.2, 0.25) is 0 Å². The van der Waals surface area contributed by atoms with Gasteiger partial charge >= 0.3 is 11.9 Å². The summed E-state index contributed by atoms with van der Waals surface area (Å²) in [5, 5.41) is 0. The van der Waals surface area contributed by atoms with Gasteiger partial charge in [0.2, 0.25) is 0 Å². The molecule has 1 aromatic heterocycles. The van der Waals surface area contributed by atoms with E-state index in [9.17, 15) is 9.59 Å². The van der Waals surface area contributed by atoms with E-state index in [4.69, 9.17) is 9.47 Å². The third kappa shape index (κ3) is 3.47. The Morgan fingerprint density at radius 2 is 1.42 bits per heavy atom. The molecule has 2 rings (SSSR count). The Kier molecular flexibility index (Phi) is 4.06. The number of hydrogen-bond donors (Lipinski definition) is 0. The van der Waals surface area contributed by atoms with Gasteiger partial charge in [0.05, 0.1) is 11.7 Å². The summed E-state index contributed by atoms with van der Waals surface area (Å²) >= 11 is 1.10. The minimum absolute atomic E-state index is 0.124. The standard InChI is InChI=1S/C12H12N2O4S/c1-7(15)17-5-9-3-11-12(14-19-13-11)4-10(9)6-18-8(2)16/h3-4H,5-6H2,1-2H3. The van der Waals surface area contributed by atoms with E-state index in [1.165, 1.54) is 13.8 Å². The molecule has 0 unspecified atom stereocenters. The maximum atomic E-state index is 10.9. The van der Waals surface area contributed by atoms with Gasteiger partial charge in [0.15, 0.2) is 0 Å². The lowest BCUT2D eigenvalue weighted by atomic mass is 10.1. The van der Waals surface area contributed by atoms with E-state index in [-0.39, 0.29) is 25.2 Å². The fourth-order valence-electron chi connectivity index (χ4n) is 1.55. The SMILES string of the molecule is CC(=O)OCc1cc2nsnc2cc1COC(C)=O. The molecule has 0 radical (unpaired) electrons. The minimum Gasteiger partial charge on any atom is -0.461 e. The minimum atomic E-state index is -0.366. The average molecular weight is 280 g/mol. The van der Waals surface area contributed by atoms with Gasteiger partial charge in [0.1, 0.15) is 24.2 Å². The molecule has 19 heavy (non-hydrogen) atoms. The van der Waals surface area contributed by atoms with Crippen LogP contribution in [0.25, 0.3) is 11.0 Å². The zero-order valence-electron chi connectivity index (χ0n) is 10.5. The van der Waals surface area contributed by atoms with Crippen molar-refractivity contribution in [1.82, 2.24) is 8.75 Å². The number of esters is 2. The van der Waals surface area contributed by atoms with Gasteiger partial charge in [-0.25, -0.2) is 0 Å². The smallest absolute Gasteiger partial charge is 0.302 e. The monoisotopic (exact) mass is 280 g/mol. The molecule has 2 aromatic rings. The molecule has 0 spiro atoms. The molecule has 1 heterocycles. The molecule has 7 heteroatoms. The highest BCUT2D eigenvalue weighted by Crippen LogP contribution is 2.20. The van der Waals surface area contributed by atoms with Crippen LogP contribution in [0.15, 0.2) is 12.1 Å². The summed E-state index contributed by atoms with van der Waals surface area (Å²) in [4.78, 5) is 21.7. The van der Waals surface area contributed by atoms with E-state index in [0.717, 1.165) is 33.9 Å². The van der Waals surface area contributed by atoms with Crippen LogP contribution in [0, 0.1) is 0 Å². The van der Waals surface area contributed by atoms with Gasteiger partial charge in [-0.1, -0.05) is 0 Å². The molecule has 0 saturated heterocycles. The molecule has 0 saturated carbocycles. The van der Waals surface area contributed by atoms with Crippen molar-refractivity contribution in [3.8, 4) is 0 Å². The van der Waals surface area contributed by atoms with Crippen molar-refractivity contribution >= 4 is 34.7 Å². The summed E-state index contributed by atoms with van der Waals surface area (Å²) in [6, 6.07) is 3.58. The third-order valence-corrected chi connectivity index (χ3v) is 2.99. The van der Waals surface area contributed by atoms with E-state index in [0.29, 0.717) is 0 Å². The number of nitrogens with zero attached hydrogens (tertiary/aromatic N) is 2. The first kappa shape index (κ1) is 13.4. The van der Waals surface area contributed by atoms with Gasteiger partial charge in [-0.05, 0) is 23.3 Å². The summed E-state index contributed by atoms with van der Waals surface area (Å²) in [5.74, 6) is -0.732. The van der Waals surface area contributed by atoms with E-state index in [1.807, 2.05) is 0 Å². The first-order valence-corrected chi connectivity index (χ1v) is 6.30. The zero-order valence-corrected chi connectivity index (χ0v) is 11.3. The second-order valence-electron chi connectivity index (χ2n) is 3.93. The largest absolute Gasteiger partial charge is 0.461 e. The van der Waals surface area contributed by atoms with Crippen molar-refractivity contribution in [3.05, 3.63) is 23.3 Å². The van der Waals surface area contributed by atoms with Crippen LogP contribution >= 0.6 is 11.7 Å². The number of hydrogen-bond acceptors (Lipinski definition) is 7. The van der Waals surface area contributed by atoms with Gasteiger partial charge in [-0.15, -0.1) is 0 Å². The zero-order chi connectivity index (χ0) is 13.8. The molecular weight excluding hydrogens is 268 g/mol. The number of ether oxygens (including phenoxy) is 2. The van der Waals surface area contributed by atoms with E-state index >= 15 is 0 Å². The summed E-state index contributed by atoms with van der Waals surface area (Å²) < 4.78 is 18.2. The molecule has 0 atom stereocenters. The fraction of sp³-hybridized carbons (Fsp3) is 0.333. The van der Waals surface area contributed by atoms with E-state index in [1.54, 1.807) is 12.1 Å². The van der Waals surface area contributed by atoms with Gasteiger partial charge < -0.3 is 9.47 Å². The quantitative estimate of drug-likeness (QED) is 0.795. The fourth-order valence-corrected chi connectivity index (χ4v) is 2.05. The maximum Gasteiger partial charge on any atom is 0.302 e. The first-order chi connectivity index (χ1) is 9.06. The van der Waals surface area contributed by atoms with Crippen LogP contribution < -0.4 is 0 Å². The molecule has 0 bridgehead atoms. The molecule has 0 aliphatic carbocycles. The highest BCUT2D eigenvalue weighted by molar-refractivity contribution is 7.00. The highest BCUT2D eigenvalue weighted by atomic mass is 32.1. The molecule has 0 fully saturated rings. The number of rotatable bonds is 4. The Hall–Kier alpha value is -2.02. The Balaban J connectivity index is 2.29. The van der Waals surface area contributed by atoms with Crippen LogP contribution in [0.3, 0.4) is 0 Å². The van der Waals surface area contributed by atoms with Gasteiger partial charge in [-0.2, -0.15) is 8.75 Å². The normalized spacial score (nSPS) is 10.4. The van der Waals surface area contributed by atoms with Crippen molar-refractivity contribution in [2.75, 3.05) is 0 Å². The lowest BCUT2D eigenvalue weighted by Crippen LogP contribution is -2.05. The second-order valence-corrected chi connectivity index (χ2v) is 4.46. The maximum absolute atomic E-state index is 10.9. The lowest BCUT2D eigenvalue weighted by Gasteiger charge is -2.09. The van der Waals surface area contributed by atoms with Crippen LogP contribution in [-0.2, 0) is 32.3 Å². The summed E-state index contributed by atoms with van der Waals surface area (Å²) in [5.41, 5.74) is 2.99. The van der Waals surface area contributed by atoms with Crippen LogP contribution in [0.1, 0.15) is 25.0 Å². The summed E-state index contributed by atoms with van der Waals surface area (Å²) in [6.07, 6.45) is 0. The molecule has 0 amide bonds. The van der Waals surface area contributed by atoms with Gasteiger partial charge in [0.25, 0.3) is 0 Å². The number of aromatic nitrogens is 2. The second kappa shape index (κ2) is 5.75. The topological polar surface area (TPSA) is 78.4 Å². The number of carbonyl (C=O) groups is 2. The van der Waals surface area contributed by atoms with Crippen molar-refractivity contribution in [2.24, 2.45) is 0 Å². The molecular formula is C12H12N2O4S. The average Bonchev–Trinajstić information content (AvgIpc) is 2.79. The van der Waals surface area contributed by atoms with Gasteiger partial charge in [-0.3, -0.25) is 9.59 Å². The molecule has 0 N–H and O–H groups in total. The van der Waals surface area contributed by atoms with Crippen LogP contribution in [-0.4, -0.2) is 20.7 Å². The highest BCUT2D eigenvalue weighted by Gasteiger charge is 2.10. The van der Waals surface area contributed by atoms with E-state index < -0.39 is 0 Å². The summed E-state index contributed by atoms with van der Waals surface area (Å²) in [6.45, 7) is 2.93. The predicted octanol–water partition coefficient (Wildman–Crippen LogP) is 1.82. The molecule has 0 aliphatic heterocycles. The van der Waals surface area contributed by atoms with Crippen molar-refractivity contribution in [2.45, 2.75) is 27.1 Å². The molecule has 100 valence electrons. The van der Waals surface area contributed by atoms with Crippen molar-refractivity contribution < 1.29 is 19.1 Å². The van der Waals surface area contributed by atoms with Crippen LogP contribution in [0.4, 0.5) is 0 Å². The first-order valence-electron chi connectivity index (χ1n) is 5.57. The van der Waals surface area contributed by atoms with Crippen molar-refractivity contribution in [3.63, 3.8) is 0 Å². The Morgan fingerprint density at radius 3 is 1.79 bits per heavy atom. The van der Waals surface area contributed by atoms with Crippen LogP contribution in [0.5, 0.6) is 0 Å². The number of benzene rings is 1. The number of carbonyl (C=O) groups excluding carboxylic acids is 2.